The summed E-state index contributed by atoms with van der Waals surface area (Å²) in [6.45, 7) is 6.91. The number of nitrogens with zero attached hydrogens (tertiary/aromatic N) is 1. The first-order valence-electron chi connectivity index (χ1n) is 7.33. The molecular weight excluding hydrogens is 256 g/mol. The van der Waals surface area contributed by atoms with E-state index in [1.165, 1.54) is 0 Å². The minimum Gasteiger partial charge on any atom is -0.467 e. The van der Waals surface area contributed by atoms with Gasteiger partial charge < -0.3 is 14.9 Å². The van der Waals surface area contributed by atoms with Gasteiger partial charge in [-0.05, 0) is 51.8 Å². The number of carbonyl (C=O) groups excluding carboxylic acids is 1. The van der Waals surface area contributed by atoms with Crippen molar-refractivity contribution in [2.24, 2.45) is 11.7 Å². The lowest BCUT2D eigenvalue weighted by molar-refractivity contribution is 0.0521. The lowest BCUT2D eigenvalue weighted by Gasteiger charge is -2.33. The molecule has 2 N–H and O–H groups in total. The molecule has 1 atom stereocenters. The van der Waals surface area contributed by atoms with Gasteiger partial charge in [0.25, 0.3) is 0 Å². The van der Waals surface area contributed by atoms with Crippen LogP contribution in [0.15, 0.2) is 16.7 Å². The maximum Gasteiger partial charge on any atom is 0.341 e. The summed E-state index contributed by atoms with van der Waals surface area (Å²) < 4.78 is 10.5. The third-order valence-electron chi connectivity index (χ3n) is 3.98. The van der Waals surface area contributed by atoms with Crippen LogP contribution in [0, 0.1) is 5.92 Å². The molecule has 0 radical (unpaired) electrons. The van der Waals surface area contributed by atoms with Gasteiger partial charge in [0.2, 0.25) is 0 Å². The van der Waals surface area contributed by atoms with E-state index in [9.17, 15) is 4.79 Å². The number of ether oxygens (including phenoxy) is 1. The van der Waals surface area contributed by atoms with Gasteiger partial charge in [-0.25, -0.2) is 4.79 Å². The number of hydrogen-bond donors (Lipinski definition) is 1. The van der Waals surface area contributed by atoms with Crippen molar-refractivity contribution < 1.29 is 13.9 Å². The van der Waals surface area contributed by atoms with Crippen molar-refractivity contribution in [2.75, 3.05) is 19.7 Å². The molecule has 5 nitrogen and oxygen atoms in total. The molecule has 1 saturated heterocycles. The molecule has 5 heteroatoms. The fourth-order valence-corrected chi connectivity index (χ4v) is 2.69. The first kappa shape index (κ1) is 15.1. The van der Waals surface area contributed by atoms with E-state index in [2.05, 4.69) is 11.8 Å². The van der Waals surface area contributed by atoms with Crippen molar-refractivity contribution in [2.45, 2.75) is 39.3 Å². The highest BCUT2D eigenvalue weighted by atomic mass is 16.5. The normalized spacial score (nSPS) is 18.9. The molecule has 2 rings (SSSR count). The van der Waals surface area contributed by atoms with E-state index in [-0.39, 0.29) is 12.0 Å². The van der Waals surface area contributed by atoms with Crippen LogP contribution in [0.5, 0.6) is 0 Å². The molecule has 0 spiro atoms. The quantitative estimate of drug-likeness (QED) is 0.836. The maximum absolute atomic E-state index is 11.8. The molecule has 0 aliphatic carbocycles. The summed E-state index contributed by atoms with van der Waals surface area (Å²) in [5.41, 5.74) is 6.49. The molecule has 1 aliphatic heterocycles. The molecule has 0 bridgehead atoms. The Morgan fingerprint density at radius 2 is 2.25 bits per heavy atom. The SMILES string of the molecule is CCOC(=O)c1ccoc1CN1CCC(C(C)N)CC1. The maximum atomic E-state index is 11.8. The van der Waals surface area contributed by atoms with Crippen molar-refractivity contribution in [1.29, 1.82) is 0 Å². The van der Waals surface area contributed by atoms with Gasteiger partial charge in [0, 0.05) is 6.04 Å². The van der Waals surface area contributed by atoms with E-state index in [4.69, 9.17) is 14.9 Å². The monoisotopic (exact) mass is 280 g/mol. The van der Waals surface area contributed by atoms with Crippen LogP contribution in [-0.4, -0.2) is 36.6 Å². The van der Waals surface area contributed by atoms with Crippen LogP contribution in [0.2, 0.25) is 0 Å². The predicted molar refractivity (Wildman–Crippen MR) is 76.3 cm³/mol. The van der Waals surface area contributed by atoms with Crippen LogP contribution in [0.1, 0.15) is 42.8 Å². The van der Waals surface area contributed by atoms with Crippen molar-refractivity contribution in [3.8, 4) is 0 Å². The highest BCUT2D eigenvalue weighted by molar-refractivity contribution is 5.90. The van der Waals surface area contributed by atoms with E-state index in [1.807, 2.05) is 0 Å². The number of likely N-dealkylation sites (tertiary alicyclic amines) is 1. The number of esters is 1. The van der Waals surface area contributed by atoms with Gasteiger partial charge in [0.05, 0.1) is 19.4 Å². The zero-order chi connectivity index (χ0) is 14.5. The molecule has 0 saturated carbocycles. The lowest BCUT2D eigenvalue weighted by Crippen LogP contribution is -2.39. The van der Waals surface area contributed by atoms with Crippen LogP contribution >= 0.6 is 0 Å². The van der Waals surface area contributed by atoms with Gasteiger partial charge in [-0.3, -0.25) is 4.90 Å². The Labute approximate surface area is 120 Å². The van der Waals surface area contributed by atoms with Crippen molar-refractivity contribution in [1.82, 2.24) is 4.90 Å². The molecule has 1 fully saturated rings. The minimum atomic E-state index is -0.304. The Morgan fingerprint density at radius 1 is 1.55 bits per heavy atom. The highest BCUT2D eigenvalue weighted by Crippen LogP contribution is 2.22. The zero-order valence-corrected chi connectivity index (χ0v) is 12.3. The van der Waals surface area contributed by atoms with E-state index >= 15 is 0 Å². The number of rotatable bonds is 5. The molecule has 0 amide bonds. The molecule has 1 aromatic rings. The first-order chi connectivity index (χ1) is 9.61. The van der Waals surface area contributed by atoms with Crippen LogP contribution in [0.3, 0.4) is 0 Å². The fourth-order valence-electron chi connectivity index (χ4n) is 2.69. The van der Waals surface area contributed by atoms with E-state index < -0.39 is 0 Å². The predicted octanol–water partition coefficient (Wildman–Crippen LogP) is 2.02. The zero-order valence-electron chi connectivity index (χ0n) is 12.3. The minimum absolute atomic E-state index is 0.260. The Balaban J connectivity index is 1.92. The van der Waals surface area contributed by atoms with Crippen molar-refractivity contribution in [3.63, 3.8) is 0 Å². The Morgan fingerprint density at radius 3 is 2.85 bits per heavy atom. The molecule has 1 aromatic heterocycles. The van der Waals surface area contributed by atoms with Crippen LogP contribution in [0.4, 0.5) is 0 Å². The summed E-state index contributed by atoms with van der Waals surface area (Å²) in [6.07, 6.45) is 3.76. The molecule has 20 heavy (non-hydrogen) atoms. The van der Waals surface area contributed by atoms with Crippen LogP contribution in [0.25, 0.3) is 0 Å². The number of hydrogen-bond acceptors (Lipinski definition) is 5. The van der Waals surface area contributed by atoms with Crippen molar-refractivity contribution in [3.05, 3.63) is 23.7 Å². The second kappa shape index (κ2) is 6.90. The summed E-state index contributed by atoms with van der Waals surface area (Å²) in [5, 5.41) is 0. The largest absolute Gasteiger partial charge is 0.467 e. The summed E-state index contributed by atoms with van der Waals surface area (Å²) in [5.74, 6) is 0.997. The molecule has 112 valence electrons. The van der Waals surface area contributed by atoms with Gasteiger partial charge in [-0.2, -0.15) is 0 Å². The third-order valence-corrected chi connectivity index (χ3v) is 3.98. The van der Waals surface area contributed by atoms with Gasteiger partial charge in [-0.1, -0.05) is 0 Å². The Hall–Kier alpha value is -1.33. The molecule has 1 aliphatic rings. The summed E-state index contributed by atoms with van der Waals surface area (Å²) >= 11 is 0. The second-order valence-corrected chi connectivity index (χ2v) is 5.45. The van der Waals surface area contributed by atoms with Gasteiger partial charge in [0.15, 0.2) is 0 Å². The van der Waals surface area contributed by atoms with E-state index in [1.54, 1.807) is 19.3 Å². The van der Waals surface area contributed by atoms with Crippen LogP contribution < -0.4 is 5.73 Å². The first-order valence-corrected chi connectivity index (χ1v) is 7.33. The fraction of sp³-hybridized carbons (Fsp3) is 0.667. The standard InChI is InChI=1S/C15H24N2O3/c1-3-19-15(18)13-6-9-20-14(13)10-17-7-4-12(5-8-17)11(2)16/h6,9,11-12H,3-5,7-8,10,16H2,1-2H3. The molecule has 1 unspecified atom stereocenters. The molecule has 0 aromatic carbocycles. The number of piperidine rings is 1. The molecule has 2 heterocycles. The Bertz CT molecular complexity index is 434. The van der Waals surface area contributed by atoms with Gasteiger partial charge in [0.1, 0.15) is 11.3 Å². The number of carbonyl (C=O) groups is 1. The summed E-state index contributed by atoms with van der Waals surface area (Å²) in [7, 11) is 0. The van der Waals surface area contributed by atoms with Gasteiger partial charge in [-0.15, -0.1) is 0 Å². The Kier molecular flexibility index (Phi) is 5.20. The van der Waals surface area contributed by atoms with Crippen molar-refractivity contribution >= 4 is 5.97 Å². The third kappa shape index (κ3) is 3.61. The average Bonchev–Trinajstić information content (AvgIpc) is 2.88. The van der Waals surface area contributed by atoms with E-state index in [0.717, 1.165) is 25.9 Å². The molecular formula is C15H24N2O3. The number of nitrogens with two attached hydrogens (primary N) is 1. The smallest absolute Gasteiger partial charge is 0.341 e. The average molecular weight is 280 g/mol. The summed E-state index contributed by atoms with van der Waals surface area (Å²) in [4.78, 5) is 14.1. The number of furan rings is 1. The van der Waals surface area contributed by atoms with E-state index in [0.29, 0.717) is 30.4 Å². The highest BCUT2D eigenvalue weighted by Gasteiger charge is 2.24. The topological polar surface area (TPSA) is 68.7 Å². The summed E-state index contributed by atoms with van der Waals surface area (Å²) in [6, 6.07) is 1.94. The van der Waals surface area contributed by atoms with Crippen LogP contribution in [-0.2, 0) is 11.3 Å². The van der Waals surface area contributed by atoms with Gasteiger partial charge >= 0.3 is 5.97 Å². The lowest BCUT2D eigenvalue weighted by atomic mass is 9.91. The second-order valence-electron chi connectivity index (χ2n) is 5.45.